The van der Waals surface area contributed by atoms with Gasteiger partial charge >= 0.3 is 0 Å². The fourth-order valence-electron chi connectivity index (χ4n) is 3.79. The molecule has 1 aromatic carbocycles. The molecule has 0 unspecified atom stereocenters. The first-order valence-electron chi connectivity index (χ1n) is 10.2. The van der Waals surface area contributed by atoms with E-state index in [1.54, 1.807) is 24.8 Å². The van der Waals surface area contributed by atoms with Gasteiger partial charge in [-0.1, -0.05) is 30.3 Å². The number of likely N-dealkylation sites (tertiary alicyclic amines) is 1. The van der Waals surface area contributed by atoms with Crippen LogP contribution in [-0.2, 0) is 4.79 Å². The van der Waals surface area contributed by atoms with Gasteiger partial charge in [-0.25, -0.2) is 9.97 Å². The van der Waals surface area contributed by atoms with Gasteiger partial charge < -0.3 is 10.1 Å². The number of nitrogens with one attached hydrogen (secondary N) is 1. The van der Waals surface area contributed by atoms with E-state index in [1.807, 2.05) is 23.6 Å². The number of rotatable bonds is 8. The third-order valence-corrected chi connectivity index (χ3v) is 7.22. The summed E-state index contributed by atoms with van der Waals surface area (Å²) < 4.78 is 5.30. The van der Waals surface area contributed by atoms with Crippen LogP contribution in [0.15, 0.2) is 47.1 Å². The molecule has 1 aliphatic heterocycles. The zero-order valence-corrected chi connectivity index (χ0v) is 18.7. The highest BCUT2D eigenvalue weighted by Gasteiger charge is 2.23. The van der Waals surface area contributed by atoms with Crippen LogP contribution < -0.4 is 10.1 Å². The van der Waals surface area contributed by atoms with Gasteiger partial charge in [-0.2, -0.15) is 0 Å². The second-order valence-electron chi connectivity index (χ2n) is 7.30. The number of ether oxygens (including phenoxy) is 1. The average molecular weight is 443 g/mol. The van der Waals surface area contributed by atoms with Crippen LogP contribution in [0.25, 0.3) is 10.2 Å². The molecule has 8 heteroatoms. The van der Waals surface area contributed by atoms with Gasteiger partial charge in [-0.3, -0.25) is 9.69 Å². The number of aromatic nitrogens is 2. The number of carbonyl (C=O) groups is 1. The second kappa shape index (κ2) is 10.2. The first-order valence-corrected chi connectivity index (χ1v) is 12.1. The van der Waals surface area contributed by atoms with E-state index in [2.05, 4.69) is 32.3 Å². The molecule has 0 bridgehead atoms. The maximum Gasteiger partial charge on any atom is 0.230 e. The Balaban J connectivity index is 1.38. The third-order valence-electron chi connectivity index (χ3n) is 5.39. The molecular formula is C22H26N4O2S2. The van der Waals surface area contributed by atoms with E-state index < -0.39 is 0 Å². The molecule has 1 atom stereocenters. The molecule has 1 aliphatic rings. The number of methoxy groups -OCH3 is 1. The van der Waals surface area contributed by atoms with E-state index in [1.165, 1.54) is 36.6 Å². The Morgan fingerprint density at radius 3 is 2.77 bits per heavy atom. The van der Waals surface area contributed by atoms with Crippen LogP contribution >= 0.6 is 23.1 Å². The lowest BCUT2D eigenvalue weighted by Crippen LogP contribution is -2.41. The lowest BCUT2D eigenvalue weighted by molar-refractivity contribution is -0.118. The van der Waals surface area contributed by atoms with Gasteiger partial charge in [-0.15, -0.1) is 11.3 Å². The molecule has 158 valence electrons. The number of nitrogens with zero attached hydrogens (tertiary/aromatic N) is 3. The average Bonchev–Trinajstić information content (AvgIpc) is 3.28. The SMILES string of the molecule is COc1ccc([C@H](CNC(=O)CSc2ncnc3sccc23)N2CCCCC2)cc1. The Kier molecular flexibility index (Phi) is 7.20. The quantitative estimate of drug-likeness (QED) is 0.418. The Morgan fingerprint density at radius 2 is 2.00 bits per heavy atom. The molecule has 0 aliphatic carbocycles. The predicted octanol–water partition coefficient (Wildman–Crippen LogP) is 4.14. The van der Waals surface area contributed by atoms with Crippen molar-refractivity contribution in [3.05, 3.63) is 47.6 Å². The summed E-state index contributed by atoms with van der Waals surface area (Å²) in [6, 6.07) is 10.4. The van der Waals surface area contributed by atoms with Crippen molar-refractivity contribution in [3.63, 3.8) is 0 Å². The number of thioether (sulfide) groups is 1. The van der Waals surface area contributed by atoms with Crippen molar-refractivity contribution in [2.75, 3.05) is 32.5 Å². The number of piperidine rings is 1. The third kappa shape index (κ3) is 5.11. The van der Waals surface area contributed by atoms with Crippen molar-refractivity contribution in [2.24, 2.45) is 0 Å². The zero-order valence-electron chi connectivity index (χ0n) is 17.0. The molecule has 1 saturated heterocycles. The van der Waals surface area contributed by atoms with Crippen LogP contribution in [0, 0.1) is 0 Å². The second-order valence-corrected chi connectivity index (χ2v) is 9.16. The van der Waals surface area contributed by atoms with Crippen molar-refractivity contribution in [1.82, 2.24) is 20.2 Å². The Morgan fingerprint density at radius 1 is 1.20 bits per heavy atom. The summed E-state index contributed by atoms with van der Waals surface area (Å²) in [6.07, 6.45) is 5.27. The fourth-order valence-corrected chi connectivity index (χ4v) is 5.40. The van der Waals surface area contributed by atoms with Gasteiger partial charge in [-0.05, 0) is 55.1 Å². The summed E-state index contributed by atoms with van der Waals surface area (Å²) >= 11 is 3.05. The lowest BCUT2D eigenvalue weighted by Gasteiger charge is -2.35. The van der Waals surface area contributed by atoms with Crippen LogP contribution in [-0.4, -0.2) is 53.3 Å². The molecule has 0 saturated carbocycles. The number of fused-ring (bicyclic) bond motifs is 1. The molecule has 1 fully saturated rings. The smallest absolute Gasteiger partial charge is 0.230 e. The van der Waals surface area contributed by atoms with Gasteiger partial charge in [0.2, 0.25) is 5.91 Å². The molecule has 3 aromatic rings. The Hall–Kier alpha value is -2.16. The minimum Gasteiger partial charge on any atom is -0.497 e. The summed E-state index contributed by atoms with van der Waals surface area (Å²) in [5.74, 6) is 1.22. The van der Waals surface area contributed by atoms with Crippen molar-refractivity contribution in [2.45, 2.75) is 30.3 Å². The first-order chi connectivity index (χ1) is 14.7. The molecule has 6 nitrogen and oxygen atoms in total. The maximum atomic E-state index is 12.6. The highest BCUT2D eigenvalue weighted by atomic mass is 32.2. The molecular weight excluding hydrogens is 416 g/mol. The minimum atomic E-state index is 0.0255. The van der Waals surface area contributed by atoms with Crippen LogP contribution in [0.5, 0.6) is 5.75 Å². The topological polar surface area (TPSA) is 67.3 Å². The normalized spacial score (nSPS) is 15.8. The maximum absolute atomic E-state index is 12.6. The first kappa shape index (κ1) is 21.1. The number of hydrogen-bond acceptors (Lipinski definition) is 7. The molecule has 1 N–H and O–H groups in total. The lowest BCUT2D eigenvalue weighted by atomic mass is 10.0. The van der Waals surface area contributed by atoms with E-state index in [0.717, 1.165) is 34.1 Å². The van der Waals surface area contributed by atoms with Crippen LogP contribution in [0.4, 0.5) is 0 Å². The van der Waals surface area contributed by atoms with Crippen molar-refractivity contribution < 1.29 is 9.53 Å². The Bertz CT molecular complexity index is 971. The monoisotopic (exact) mass is 442 g/mol. The van der Waals surface area contributed by atoms with Gasteiger partial charge in [0, 0.05) is 11.9 Å². The van der Waals surface area contributed by atoms with Crippen molar-refractivity contribution in [3.8, 4) is 5.75 Å². The van der Waals surface area contributed by atoms with E-state index in [9.17, 15) is 4.79 Å². The Labute approximate surface area is 185 Å². The minimum absolute atomic E-state index is 0.0255. The molecule has 0 spiro atoms. The van der Waals surface area contributed by atoms with Crippen LogP contribution in [0.2, 0.25) is 0 Å². The zero-order chi connectivity index (χ0) is 20.8. The van der Waals surface area contributed by atoms with Gasteiger partial charge in [0.15, 0.2) is 0 Å². The van der Waals surface area contributed by atoms with Crippen LogP contribution in [0.3, 0.4) is 0 Å². The van der Waals surface area contributed by atoms with E-state index in [4.69, 9.17) is 4.74 Å². The summed E-state index contributed by atoms with van der Waals surface area (Å²) in [7, 11) is 1.68. The summed E-state index contributed by atoms with van der Waals surface area (Å²) in [5.41, 5.74) is 1.21. The molecule has 3 heterocycles. The number of carbonyl (C=O) groups excluding carboxylic acids is 1. The molecule has 2 aromatic heterocycles. The van der Waals surface area contributed by atoms with Crippen molar-refractivity contribution >= 4 is 39.2 Å². The fraction of sp³-hybridized carbons (Fsp3) is 0.409. The van der Waals surface area contributed by atoms with Crippen LogP contribution in [0.1, 0.15) is 30.9 Å². The van der Waals surface area contributed by atoms with E-state index >= 15 is 0 Å². The number of amides is 1. The number of hydrogen-bond donors (Lipinski definition) is 1. The molecule has 4 rings (SSSR count). The molecule has 1 amide bonds. The summed E-state index contributed by atoms with van der Waals surface area (Å²) in [6.45, 7) is 2.74. The van der Waals surface area contributed by atoms with Gasteiger partial charge in [0.1, 0.15) is 21.9 Å². The highest BCUT2D eigenvalue weighted by molar-refractivity contribution is 8.00. The number of thiophene rings is 1. The van der Waals surface area contributed by atoms with Gasteiger partial charge in [0.05, 0.1) is 18.9 Å². The summed E-state index contributed by atoms with van der Waals surface area (Å²) in [4.78, 5) is 24.6. The molecule has 0 radical (unpaired) electrons. The van der Waals surface area contributed by atoms with Crippen molar-refractivity contribution in [1.29, 1.82) is 0 Å². The predicted molar refractivity (Wildman–Crippen MR) is 122 cm³/mol. The largest absolute Gasteiger partial charge is 0.497 e. The highest BCUT2D eigenvalue weighted by Crippen LogP contribution is 2.28. The van der Waals surface area contributed by atoms with E-state index in [-0.39, 0.29) is 11.9 Å². The van der Waals surface area contributed by atoms with E-state index in [0.29, 0.717) is 12.3 Å². The number of benzene rings is 1. The standard InChI is InChI=1S/C22H26N4O2S2/c1-28-17-7-5-16(6-8-17)19(26-10-3-2-4-11-26)13-23-20(27)14-30-22-18-9-12-29-21(18)24-15-25-22/h5-9,12,15,19H,2-4,10-11,13-14H2,1H3,(H,23,27)/t19-/m0/s1. The van der Waals surface area contributed by atoms with Gasteiger partial charge in [0.25, 0.3) is 0 Å². The summed E-state index contributed by atoms with van der Waals surface area (Å²) in [5, 5.41) is 7.03. The molecule has 30 heavy (non-hydrogen) atoms.